The highest BCUT2D eigenvalue weighted by atomic mass is 19.1. The maximum atomic E-state index is 15.3. The van der Waals surface area contributed by atoms with Crippen molar-refractivity contribution < 1.29 is 4.39 Å². The predicted molar refractivity (Wildman–Crippen MR) is 128 cm³/mol. The number of rotatable bonds is 7. The molecule has 2 heterocycles. The van der Waals surface area contributed by atoms with Crippen LogP contribution in [0, 0.1) is 5.95 Å². The number of benzene rings is 3. The molecule has 0 atom stereocenters. The summed E-state index contributed by atoms with van der Waals surface area (Å²) in [6, 6.07) is 24.6. The minimum atomic E-state index is -0.497. The fourth-order valence-corrected chi connectivity index (χ4v) is 4.18. The van der Waals surface area contributed by atoms with E-state index in [0.717, 1.165) is 33.2 Å². The van der Waals surface area contributed by atoms with Crippen molar-refractivity contribution in [2.45, 2.75) is 26.3 Å². The fourth-order valence-electron chi connectivity index (χ4n) is 4.18. The van der Waals surface area contributed by atoms with Crippen LogP contribution in [0.25, 0.3) is 28.2 Å². The number of hydrogen-bond donors (Lipinski definition) is 1. The summed E-state index contributed by atoms with van der Waals surface area (Å²) in [4.78, 5) is 13.2. The summed E-state index contributed by atoms with van der Waals surface area (Å²) in [6.45, 7) is 2.27. The number of H-pyrrole nitrogens is 1. The lowest BCUT2D eigenvalue weighted by Gasteiger charge is -2.10. The van der Waals surface area contributed by atoms with Gasteiger partial charge in [-0.3, -0.25) is 4.57 Å². The molecule has 2 aromatic heterocycles. The molecule has 0 aliphatic heterocycles. The molecule has 0 radical (unpaired) electrons. The standard InChI is InChI=1S/C26H23FN6O/c1-2-8-23-24(27)33(20-9-4-3-5-10-20)26(34)32(23)17-18-13-15-19(16-14-18)21-11-6-7-12-22(21)25-28-30-31-29-25/h3-7,9-16H,2,8,17H2,1H3,(H,28,29,30,31). The van der Waals surface area contributed by atoms with Crippen LogP contribution in [-0.4, -0.2) is 29.8 Å². The minimum absolute atomic E-state index is 0.289. The second-order valence-corrected chi connectivity index (χ2v) is 8.01. The summed E-state index contributed by atoms with van der Waals surface area (Å²) in [5.74, 6) is 0.0249. The lowest BCUT2D eigenvalue weighted by atomic mass is 9.98. The van der Waals surface area contributed by atoms with E-state index < -0.39 is 5.95 Å². The van der Waals surface area contributed by atoms with Crippen LogP contribution in [0.15, 0.2) is 83.7 Å². The Morgan fingerprint density at radius 1 is 0.912 bits per heavy atom. The SMILES string of the molecule is CCCc1c(F)n(-c2ccccc2)c(=O)n1Cc1ccc(-c2ccccc2-c2nn[nH]n2)cc1. The summed E-state index contributed by atoms with van der Waals surface area (Å²) in [7, 11) is 0. The number of aromatic nitrogens is 6. The second-order valence-electron chi connectivity index (χ2n) is 8.01. The Morgan fingerprint density at radius 2 is 1.62 bits per heavy atom. The van der Waals surface area contributed by atoms with Gasteiger partial charge >= 0.3 is 5.69 Å². The van der Waals surface area contributed by atoms with Crippen LogP contribution in [0.1, 0.15) is 24.6 Å². The minimum Gasteiger partial charge on any atom is -0.288 e. The van der Waals surface area contributed by atoms with Crippen LogP contribution in [0.5, 0.6) is 0 Å². The first kappa shape index (κ1) is 21.5. The van der Waals surface area contributed by atoms with E-state index in [0.29, 0.717) is 23.6 Å². The number of tetrazole rings is 1. The molecule has 0 fully saturated rings. The highest BCUT2D eigenvalue weighted by molar-refractivity contribution is 5.80. The van der Waals surface area contributed by atoms with Gasteiger partial charge in [-0.25, -0.2) is 9.36 Å². The van der Waals surface area contributed by atoms with Gasteiger partial charge in [0.25, 0.3) is 0 Å². The number of para-hydroxylation sites is 1. The maximum absolute atomic E-state index is 15.3. The van der Waals surface area contributed by atoms with Crippen LogP contribution in [-0.2, 0) is 13.0 Å². The van der Waals surface area contributed by atoms with Gasteiger partial charge in [0, 0.05) is 5.56 Å². The predicted octanol–water partition coefficient (Wildman–Crippen LogP) is 4.63. The topological polar surface area (TPSA) is 81.4 Å². The van der Waals surface area contributed by atoms with Crippen molar-refractivity contribution in [3.8, 4) is 28.2 Å². The lowest BCUT2D eigenvalue weighted by molar-refractivity contribution is 0.537. The third kappa shape index (κ3) is 3.94. The molecule has 0 aliphatic rings. The number of nitrogens with zero attached hydrogens (tertiary/aromatic N) is 5. The van der Waals surface area contributed by atoms with Gasteiger partial charge in [-0.05, 0) is 40.5 Å². The quantitative estimate of drug-likeness (QED) is 0.389. The van der Waals surface area contributed by atoms with Crippen molar-refractivity contribution in [1.82, 2.24) is 29.8 Å². The Hall–Kier alpha value is -4.33. The third-order valence-corrected chi connectivity index (χ3v) is 5.80. The first-order chi connectivity index (χ1) is 16.7. The van der Waals surface area contributed by atoms with Crippen molar-refractivity contribution in [3.63, 3.8) is 0 Å². The zero-order valence-electron chi connectivity index (χ0n) is 18.6. The molecule has 0 aliphatic carbocycles. The Bertz CT molecular complexity index is 1450. The molecule has 170 valence electrons. The molecular formula is C26H23FN6O. The van der Waals surface area contributed by atoms with Crippen molar-refractivity contribution in [2.24, 2.45) is 0 Å². The van der Waals surface area contributed by atoms with E-state index in [9.17, 15) is 4.79 Å². The van der Waals surface area contributed by atoms with Gasteiger partial charge in [0.05, 0.1) is 17.9 Å². The van der Waals surface area contributed by atoms with Crippen molar-refractivity contribution >= 4 is 0 Å². The number of aromatic amines is 1. The van der Waals surface area contributed by atoms with Gasteiger partial charge in [0.15, 0.2) is 0 Å². The molecule has 34 heavy (non-hydrogen) atoms. The summed E-state index contributed by atoms with van der Waals surface area (Å²) >= 11 is 0. The van der Waals surface area contributed by atoms with Crippen LogP contribution >= 0.6 is 0 Å². The number of halogens is 1. The highest BCUT2D eigenvalue weighted by Crippen LogP contribution is 2.30. The molecule has 0 saturated heterocycles. The van der Waals surface area contributed by atoms with E-state index in [-0.39, 0.29) is 12.2 Å². The van der Waals surface area contributed by atoms with Gasteiger partial charge in [-0.2, -0.15) is 9.60 Å². The Labute approximate surface area is 195 Å². The monoisotopic (exact) mass is 454 g/mol. The molecule has 0 unspecified atom stereocenters. The molecule has 7 nitrogen and oxygen atoms in total. The molecule has 8 heteroatoms. The second kappa shape index (κ2) is 9.27. The van der Waals surface area contributed by atoms with E-state index >= 15 is 4.39 Å². The Kier molecular flexibility index (Phi) is 5.86. The lowest BCUT2D eigenvalue weighted by Crippen LogP contribution is -2.25. The first-order valence-electron chi connectivity index (χ1n) is 11.1. The van der Waals surface area contributed by atoms with E-state index in [1.807, 2.05) is 61.5 Å². The summed E-state index contributed by atoms with van der Waals surface area (Å²) in [5.41, 5.74) is 4.30. The van der Waals surface area contributed by atoms with Crippen LogP contribution < -0.4 is 5.69 Å². The smallest absolute Gasteiger partial charge is 0.288 e. The molecule has 1 N–H and O–H groups in total. The summed E-state index contributed by atoms with van der Waals surface area (Å²) < 4.78 is 18.0. The summed E-state index contributed by atoms with van der Waals surface area (Å²) in [5, 5.41) is 14.3. The largest absolute Gasteiger partial charge is 0.335 e. The number of imidazole rings is 1. The van der Waals surface area contributed by atoms with Crippen LogP contribution in [0.4, 0.5) is 4.39 Å². The molecule has 3 aromatic carbocycles. The Balaban J connectivity index is 1.50. The zero-order chi connectivity index (χ0) is 23.5. The van der Waals surface area contributed by atoms with E-state index in [2.05, 4.69) is 20.6 Å². The maximum Gasteiger partial charge on any atom is 0.335 e. The van der Waals surface area contributed by atoms with Gasteiger partial charge in [0.2, 0.25) is 11.8 Å². The van der Waals surface area contributed by atoms with Gasteiger partial charge in [-0.1, -0.05) is 80.1 Å². The summed E-state index contributed by atoms with van der Waals surface area (Å²) in [6.07, 6.45) is 1.22. The molecule has 0 spiro atoms. The number of nitrogens with one attached hydrogen (secondary N) is 1. The van der Waals surface area contributed by atoms with Gasteiger partial charge < -0.3 is 0 Å². The molecule has 0 amide bonds. The van der Waals surface area contributed by atoms with Crippen molar-refractivity contribution in [1.29, 1.82) is 0 Å². The van der Waals surface area contributed by atoms with E-state index in [4.69, 9.17) is 0 Å². The molecular weight excluding hydrogens is 431 g/mol. The molecule has 0 bridgehead atoms. The van der Waals surface area contributed by atoms with Gasteiger partial charge in [0.1, 0.15) is 0 Å². The average molecular weight is 455 g/mol. The van der Waals surface area contributed by atoms with Crippen LogP contribution in [0.3, 0.4) is 0 Å². The molecule has 5 rings (SSSR count). The van der Waals surface area contributed by atoms with E-state index in [1.165, 1.54) is 4.57 Å². The van der Waals surface area contributed by atoms with Crippen molar-refractivity contribution in [2.75, 3.05) is 0 Å². The number of hydrogen-bond acceptors (Lipinski definition) is 4. The average Bonchev–Trinajstić information content (AvgIpc) is 3.49. The fraction of sp³-hybridized carbons (Fsp3) is 0.154. The van der Waals surface area contributed by atoms with E-state index in [1.54, 1.807) is 24.3 Å². The van der Waals surface area contributed by atoms with Crippen LogP contribution in [0.2, 0.25) is 0 Å². The normalized spacial score (nSPS) is 11.1. The van der Waals surface area contributed by atoms with Crippen molar-refractivity contribution in [3.05, 3.63) is 107 Å². The Morgan fingerprint density at radius 3 is 2.29 bits per heavy atom. The first-order valence-corrected chi connectivity index (χ1v) is 11.1. The third-order valence-electron chi connectivity index (χ3n) is 5.80. The molecule has 0 saturated carbocycles. The molecule has 5 aromatic rings. The highest BCUT2D eigenvalue weighted by Gasteiger charge is 2.20. The zero-order valence-corrected chi connectivity index (χ0v) is 18.6. The van der Waals surface area contributed by atoms with Gasteiger partial charge in [-0.15, -0.1) is 10.2 Å².